The average Bonchev–Trinajstić information content (AvgIpc) is 3.17. The summed E-state index contributed by atoms with van der Waals surface area (Å²) in [5.41, 5.74) is 13.2. The summed E-state index contributed by atoms with van der Waals surface area (Å²) in [6.07, 6.45) is 1.88. The summed E-state index contributed by atoms with van der Waals surface area (Å²) in [5, 5.41) is 12.2. The van der Waals surface area contributed by atoms with Crippen molar-refractivity contribution in [2.75, 3.05) is 0 Å². The molecule has 274 valence electrons. The minimum atomic E-state index is -0.167. The Morgan fingerprint density at radius 3 is 1.70 bits per heavy atom. The molecule has 7 rings (SSSR count). The zero-order chi connectivity index (χ0) is 37.3. The van der Waals surface area contributed by atoms with Crippen LogP contribution in [-0.2, 0) is 31.9 Å². The van der Waals surface area contributed by atoms with Crippen LogP contribution in [0, 0.1) is 6.07 Å². The van der Waals surface area contributed by atoms with E-state index < -0.39 is 0 Å². The fourth-order valence-electron chi connectivity index (χ4n) is 6.86. The van der Waals surface area contributed by atoms with Crippen molar-refractivity contribution in [3.8, 4) is 61.8 Å². The van der Waals surface area contributed by atoms with Gasteiger partial charge in [-0.15, -0.1) is 23.8 Å². The first-order valence-corrected chi connectivity index (χ1v) is 18.5. The van der Waals surface area contributed by atoms with Gasteiger partial charge in [0.25, 0.3) is 0 Å². The summed E-state index contributed by atoms with van der Waals surface area (Å²) in [7, 11) is 0. The van der Waals surface area contributed by atoms with Gasteiger partial charge >= 0.3 is 0 Å². The van der Waals surface area contributed by atoms with Gasteiger partial charge in [-0.2, -0.15) is 0 Å². The monoisotopic (exact) mass is 886 g/mol. The maximum Gasteiger partial charge on any atom is 0.132 e. The van der Waals surface area contributed by atoms with E-state index in [0.29, 0.717) is 0 Å². The van der Waals surface area contributed by atoms with Gasteiger partial charge in [-0.3, -0.25) is 9.97 Å². The Hall–Kier alpha value is -5.11. The van der Waals surface area contributed by atoms with Gasteiger partial charge in [-0.05, 0) is 62.4 Å². The molecule has 0 aliphatic rings. The Labute approximate surface area is 335 Å². The fourth-order valence-corrected chi connectivity index (χ4v) is 6.86. The van der Waals surface area contributed by atoms with E-state index >= 15 is 0 Å². The molecule has 2 aromatic heterocycles. The van der Waals surface area contributed by atoms with Crippen molar-refractivity contribution in [3.63, 3.8) is 0 Å². The quantitative estimate of drug-likeness (QED) is 0.162. The van der Waals surface area contributed by atoms with Crippen LogP contribution < -0.4 is 0 Å². The van der Waals surface area contributed by atoms with Crippen LogP contribution in [0.25, 0.3) is 56.0 Å². The Morgan fingerprint density at radius 2 is 1.09 bits per heavy atom. The van der Waals surface area contributed by atoms with Gasteiger partial charge in [0.1, 0.15) is 5.75 Å². The second kappa shape index (κ2) is 15.7. The van der Waals surface area contributed by atoms with Gasteiger partial charge < -0.3 is 5.11 Å². The number of aromatic nitrogens is 2. The Balaban J connectivity index is 0.00000497. The number of pyridine rings is 2. The van der Waals surface area contributed by atoms with Crippen molar-refractivity contribution >= 4 is 0 Å². The van der Waals surface area contributed by atoms with E-state index in [4.69, 9.17) is 9.97 Å². The standard InChI is InChI=1S/C50H47N2O.Pt/c1-33(34-17-11-8-12-18-34)42-23-24-45(52-47(42)44-32-41(50(5,6)7)31-43(48(44)53)36-21-15-10-16-22-36)38-27-39(29-40(28-38)49(2,3)4)46-30-37(25-26-51-46)35-19-13-9-14-20-35;/h8-26,28-33,53H,1-7H3;/q-1;. The number of aromatic hydroxyl groups is 1. The van der Waals surface area contributed by atoms with Gasteiger partial charge in [-0.25, -0.2) is 0 Å². The third-order valence-corrected chi connectivity index (χ3v) is 10.2. The average molecular weight is 887 g/mol. The molecular formula is C50H47N2OPt-. The van der Waals surface area contributed by atoms with Crippen molar-refractivity contribution < 1.29 is 26.2 Å². The Morgan fingerprint density at radius 1 is 0.556 bits per heavy atom. The summed E-state index contributed by atoms with van der Waals surface area (Å²) in [5.74, 6) is 0.251. The first-order valence-electron chi connectivity index (χ1n) is 18.5. The second-order valence-corrected chi connectivity index (χ2v) is 16.0. The van der Waals surface area contributed by atoms with Crippen LogP contribution in [0.4, 0.5) is 0 Å². The van der Waals surface area contributed by atoms with Crippen LogP contribution in [0.2, 0.25) is 0 Å². The number of hydrogen-bond donors (Lipinski definition) is 1. The van der Waals surface area contributed by atoms with Gasteiger partial charge in [0.15, 0.2) is 0 Å². The molecule has 1 atom stereocenters. The Kier molecular flexibility index (Phi) is 11.2. The molecule has 3 nitrogen and oxygen atoms in total. The summed E-state index contributed by atoms with van der Waals surface area (Å²) >= 11 is 0. The van der Waals surface area contributed by atoms with Crippen LogP contribution in [0.5, 0.6) is 5.75 Å². The van der Waals surface area contributed by atoms with Gasteiger partial charge in [0.2, 0.25) is 0 Å². The number of rotatable bonds is 7. The van der Waals surface area contributed by atoms with E-state index in [0.717, 1.165) is 67.2 Å². The molecule has 0 radical (unpaired) electrons. The molecule has 4 heteroatoms. The zero-order valence-corrected chi connectivity index (χ0v) is 34.4. The predicted molar refractivity (Wildman–Crippen MR) is 221 cm³/mol. The molecule has 0 amide bonds. The second-order valence-electron chi connectivity index (χ2n) is 16.0. The summed E-state index contributed by atoms with van der Waals surface area (Å²) in [6.45, 7) is 15.5. The van der Waals surface area contributed by atoms with E-state index in [1.807, 2.05) is 36.5 Å². The van der Waals surface area contributed by atoms with Crippen molar-refractivity contribution in [1.29, 1.82) is 0 Å². The third-order valence-electron chi connectivity index (χ3n) is 10.2. The van der Waals surface area contributed by atoms with E-state index in [-0.39, 0.29) is 43.6 Å². The Bertz CT molecular complexity index is 2370. The van der Waals surface area contributed by atoms with Gasteiger partial charge in [0.05, 0.1) is 5.69 Å². The summed E-state index contributed by atoms with van der Waals surface area (Å²) < 4.78 is 0. The first-order chi connectivity index (χ1) is 25.4. The normalized spacial score (nSPS) is 12.2. The van der Waals surface area contributed by atoms with E-state index in [9.17, 15) is 5.11 Å². The molecule has 0 bridgehead atoms. The van der Waals surface area contributed by atoms with Gasteiger partial charge in [0, 0.05) is 55.7 Å². The molecule has 0 saturated carbocycles. The molecule has 7 aromatic rings. The molecule has 0 spiro atoms. The molecule has 0 saturated heterocycles. The first kappa shape index (κ1) is 38.6. The van der Waals surface area contributed by atoms with Crippen molar-refractivity contribution in [2.24, 2.45) is 0 Å². The molecule has 1 unspecified atom stereocenters. The molecule has 0 aliphatic carbocycles. The number of benzene rings is 5. The van der Waals surface area contributed by atoms with Crippen molar-refractivity contribution in [3.05, 3.63) is 174 Å². The van der Waals surface area contributed by atoms with E-state index in [1.165, 1.54) is 11.1 Å². The molecule has 5 aromatic carbocycles. The zero-order valence-electron chi connectivity index (χ0n) is 32.1. The van der Waals surface area contributed by atoms with E-state index in [1.54, 1.807) is 0 Å². The number of phenols is 1. The number of nitrogens with zero attached hydrogens (tertiary/aromatic N) is 2. The van der Waals surface area contributed by atoms with Crippen molar-refractivity contribution in [2.45, 2.75) is 65.2 Å². The topological polar surface area (TPSA) is 46.0 Å². The van der Waals surface area contributed by atoms with Crippen LogP contribution in [0.1, 0.15) is 76.6 Å². The van der Waals surface area contributed by atoms with E-state index in [2.05, 4.69) is 164 Å². The van der Waals surface area contributed by atoms with Crippen LogP contribution in [0.3, 0.4) is 0 Å². The molecule has 1 N–H and O–H groups in total. The van der Waals surface area contributed by atoms with Crippen LogP contribution in [0.15, 0.2) is 146 Å². The SMILES string of the molecule is CC(c1ccccc1)c1ccc(-c2[c-]c(-c3cc(-c4ccccc4)ccn3)cc(C(C)(C)C)c2)nc1-c1cc(C(C)(C)C)cc(-c2ccccc2)c1O.[Pt]. The molecule has 0 aliphatic heterocycles. The van der Waals surface area contributed by atoms with Crippen molar-refractivity contribution in [1.82, 2.24) is 9.97 Å². The molecule has 0 fully saturated rings. The number of hydrogen-bond acceptors (Lipinski definition) is 3. The minimum absolute atomic E-state index is 0. The maximum atomic E-state index is 12.2. The maximum absolute atomic E-state index is 12.2. The van der Waals surface area contributed by atoms with Gasteiger partial charge in [-0.1, -0.05) is 169 Å². The molecular weight excluding hydrogens is 840 g/mol. The largest absolute Gasteiger partial charge is 0.507 e. The van der Waals surface area contributed by atoms with Crippen LogP contribution in [-0.4, -0.2) is 15.1 Å². The molecule has 54 heavy (non-hydrogen) atoms. The smallest absolute Gasteiger partial charge is 0.132 e. The fraction of sp³-hybridized carbons (Fsp3) is 0.200. The van der Waals surface area contributed by atoms with Crippen LogP contribution >= 0.6 is 0 Å². The molecule has 2 heterocycles. The predicted octanol–water partition coefficient (Wildman–Crippen LogP) is 13.1. The number of phenolic OH excluding ortho intramolecular Hbond substituents is 1. The summed E-state index contributed by atoms with van der Waals surface area (Å²) in [6, 6.07) is 51.9. The summed E-state index contributed by atoms with van der Waals surface area (Å²) in [4.78, 5) is 10.3. The third kappa shape index (κ3) is 8.18. The minimum Gasteiger partial charge on any atom is -0.507 e.